The lowest BCUT2D eigenvalue weighted by Gasteiger charge is -2.35. The van der Waals surface area contributed by atoms with Crippen LogP contribution in [0, 0.1) is 20.8 Å². The normalized spacial score (nSPS) is 18.0. The monoisotopic (exact) mass is 1190 g/mol. The highest BCUT2D eigenvalue weighted by molar-refractivity contribution is 6.67. The topological polar surface area (TPSA) is 188 Å². The molecule has 0 bridgehead atoms. The molecule has 81 heavy (non-hydrogen) atoms. The number of Topliss-reactive ketones (excluding diaryl/α,β-unsaturated/α-hetero) is 1. The Bertz CT molecular complexity index is 2430. The van der Waals surface area contributed by atoms with E-state index in [4.69, 9.17) is 49.0 Å². The number of ether oxygens (including phenoxy) is 3. The summed E-state index contributed by atoms with van der Waals surface area (Å²) in [4.78, 5) is 98.3. The van der Waals surface area contributed by atoms with Crippen LogP contribution in [-0.4, -0.2) is 252 Å². The van der Waals surface area contributed by atoms with Gasteiger partial charge in [0.05, 0.1) is 17.3 Å². The number of amides is 5. The van der Waals surface area contributed by atoms with Crippen LogP contribution in [0.5, 0.6) is 17.2 Å². The van der Waals surface area contributed by atoms with Crippen LogP contribution in [0.3, 0.4) is 0 Å². The van der Waals surface area contributed by atoms with Gasteiger partial charge < -0.3 is 53.8 Å². The van der Waals surface area contributed by atoms with Gasteiger partial charge in [-0.05, 0) is 102 Å². The third kappa shape index (κ3) is 22.9. The quantitative estimate of drug-likeness (QED) is 0.272. The number of likely N-dealkylation sites (N-methyl/N-ethyl adjacent to an activating group) is 4. The molecule has 0 atom stereocenters. The molecule has 3 aromatic rings. The predicted molar refractivity (Wildman–Crippen MR) is 322 cm³/mol. The number of aryl methyl sites for hydroxylation is 3. The summed E-state index contributed by atoms with van der Waals surface area (Å²) in [6.45, 7) is 21.0. The van der Waals surface area contributed by atoms with E-state index in [9.17, 15) is 33.6 Å². The van der Waals surface area contributed by atoms with Crippen LogP contribution in [0.25, 0.3) is 0 Å². The highest BCUT2D eigenvalue weighted by Gasteiger charge is 2.32. The van der Waals surface area contributed by atoms with Crippen molar-refractivity contribution in [1.29, 1.82) is 0 Å². The molecule has 5 amide bonds. The van der Waals surface area contributed by atoms with E-state index in [1.807, 2.05) is 104 Å². The third-order valence-electron chi connectivity index (χ3n) is 13.8. The Balaban J connectivity index is 0.000000271. The second-order valence-electron chi connectivity index (χ2n) is 20.3. The minimum absolute atomic E-state index is 0. The number of anilines is 2. The molecule has 23 heteroatoms. The smallest absolute Gasteiger partial charge is 0.265 e. The van der Waals surface area contributed by atoms with E-state index < -0.39 is 5.24 Å². The van der Waals surface area contributed by atoms with E-state index in [0.29, 0.717) is 55.5 Å². The maximum Gasteiger partial charge on any atom is 0.265 e. The Labute approximate surface area is 495 Å². The molecule has 0 aromatic heterocycles. The summed E-state index contributed by atoms with van der Waals surface area (Å²) in [5.74, 6) is 2.08. The van der Waals surface area contributed by atoms with E-state index in [-0.39, 0.29) is 94.8 Å². The molecule has 0 unspecified atom stereocenters. The SMILES string of the molecule is C.C.CN1CCN(C(=O)CCl)CC1.CN1CCNCC1.Cc1ccc2c(c1)CC(=O)CO2.Cc1ccc2c(c1)N(CC(=O)N1CCN(C)CC1)C(=O)CO2.Cc1ccc2c(c1)N(CC(=O)N1CCN(C)CC1)C(=O)CO2.O=C(Cl)CCl. The molecule has 7 aliphatic rings. The molecule has 0 saturated carbocycles. The van der Waals surface area contributed by atoms with Crippen molar-refractivity contribution in [2.45, 2.75) is 42.0 Å². The molecule has 450 valence electrons. The molecule has 1 N–H and O–H groups in total. The van der Waals surface area contributed by atoms with Gasteiger partial charge in [-0.15, -0.1) is 23.2 Å². The van der Waals surface area contributed by atoms with Gasteiger partial charge in [0.2, 0.25) is 23.0 Å². The van der Waals surface area contributed by atoms with Crippen molar-refractivity contribution in [1.82, 2.24) is 39.6 Å². The van der Waals surface area contributed by atoms with Gasteiger partial charge >= 0.3 is 0 Å². The second kappa shape index (κ2) is 35.4. The summed E-state index contributed by atoms with van der Waals surface area (Å²) in [5.41, 5.74) is 5.65. The van der Waals surface area contributed by atoms with E-state index in [1.165, 1.54) is 18.7 Å². The standard InChI is InChI=1S/2C16H21N3O3.C10H10O2.C7H13ClN2O.C5H12N2.C2H2Cl2O.2CH4/c2*1-12-3-4-14-13(9-12)19(16(21)11-22-14)10-15(20)18-7-5-17(2)6-8-18;1-7-2-3-10-8(4-7)5-9(11)6-12-10;1-9-2-4-10(5-3-9)7(11)6-8;1-7-4-2-6-3-5-7;3-1-2(4)5;;/h2*3-4,9H,5-8,10-11H2,1-2H3;2-4H,5-6H2,1H3;2-6H2,1H3;6H,2-5H2,1H3;1H2;2*1H4. The Morgan fingerprint density at radius 3 is 1.19 bits per heavy atom. The van der Waals surface area contributed by atoms with Gasteiger partial charge in [0.15, 0.2) is 19.0 Å². The highest BCUT2D eigenvalue weighted by atomic mass is 35.5. The molecule has 0 radical (unpaired) electrons. The average molecular weight is 1190 g/mol. The van der Waals surface area contributed by atoms with Crippen molar-refractivity contribution in [3.63, 3.8) is 0 Å². The van der Waals surface area contributed by atoms with Crippen molar-refractivity contribution < 1.29 is 47.8 Å². The zero-order valence-electron chi connectivity index (χ0n) is 46.9. The summed E-state index contributed by atoms with van der Waals surface area (Å²) in [7, 11) is 8.31. The third-order valence-corrected chi connectivity index (χ3v) is 14.6. The van der Waals surface area contributed by atoms with E-state index >= 15 is 0 Å². The van der Waals surface area contributed by atoms with Crippen molar-refractivity contribution in [2.75, 3.05) is 187 Å². The van der Waals surface area contributed by atoms with Gasteiger partial charge in [-0.25, -0.2) is 0 Å². The summed E-state index contributed by atoms with van der Waals surface area (Å²) in [6, 6.07) is 17.3. The van der Waals surface area contributed by atoms with Crippen molar-refractivity contribution >= 4 is 86.7 Å². The number of nitrogens with one attached hydrogen (secondary N) is 1. The number of carbonyl (C=O) groups excluding carboxylic acids is 7. The van der Waals surface area contributed by atoms with Crippen LogP contribution >= 0.6 is 34.8 Å². The fourth-order valence-corrected chi connectivity index (χ4v) is 9.05. The van der Waals surface area contributed by atoms with Gasteiger partial charge in [-0.2, -0.15) is 0 Å². The number of fused-ring (bicyclic) bond motifs is 3. The van der Waals surface area contributed by atoms with Gasteiger partial charge in [-0.1, -0.05) is 44.7 Å². The molecular weight excluding hydrogens is 1100 g/mol. The lowest BCUT2D eigenvalue weighted by Crippen LogP contribution is -2.52. The van der Waals surface area contributed by atoms with Gasteiger partial charge in [0, 0.05) is 117 Å². The highest BCUT2D eigenvalue weighted by Crippen LogP contribution is 2.34. The van der Waals surface area contributed by atoms with E-state index in [1.54, 1.807) is 9.80 Å². The molecule has 10 rings (SSSR count). The van der Waals surface area contributed by atoms with Crippen LogP contribution in [0.2, 0.25) is 0 Å². The Morgan fingerprint density at radius 1 is 0.481 bits per heavy atom. The lowest BCUT2D eigenvalue weighted by molar-refractivity contribution is -0.133. The van der Waals surface area contributed by atoms with Gasteiger partial charge in [0.1, 0.15) is 42.8 Å². The first-order chi connectivity index (χ1) is 37.7. The maximum absolute atomic E-state index is 12.5. The molecule has 0 aliphatic carbocycles. The number of hydrogen-bond acceptors (Lipinski definition) is 15. The number of benzene rings is 3. The number of piperazine rings is 4. The van der Waals surface area contributed by atoms with Crippen molar-refractivity contribution in [3.8, 4) is 17.2 Å². The molecule has 7 heterocycles. The average Bonchev–Trinajstić information content (AvgIpc) is 3.44. The minimum Gasteiger partial charge on any atom is -0.486 e. The van der Waals surface area contributed by atoms with Crippen LogP contribution < -0.4 is 29.3 Å². The molecule has 4 saturated heterocycles. The number of ketones is 1. The number of halogens is 3. The number of nitrogens with zero attached hydrogens (tertiary/aromatic N) is 9. The summed E-state index contributed by atoms with van der Waals surface area (Å²) < 4.78 is 16.1. The second-order valence-corrected chi connectivity index (χ2v) is 21.3. The summed E-state index contributed by atoms with van der Waals surface area (Å²) in [6.07, 6.45) is 0.525. The van der Waals surface area contributed by atoms with Crippen molar-refractivity contribution in [3.05, 3.63) is 76.9 Å². The number of alkyl halides is 2. The van der Waals surface area contributed by atoms with E-state index in [2.05, 4.69) is 39.0 Å². The van der Waals surface area contributed by atoms with Crippen molar-refractivity contribution in [2.24, 2.45) is 0 Å². The van der Waals surface area contributed by atoms with Crippen LogP contribution in [0.1, 0.15) is 37.1 Å². The molecule has 7 aliphatic heterocycles. The van der Waals surface area contributed by atoms with Crippen LogP contribution in [-0.2, 0) is 40.0 Å². The molecular formula is C58H87Cl3N10O10. The molecule has 3 aromatic carbocycles. The van der Waals surface area contributed by atoms with Gasteiger partial charge in [0.25, 0.3) is 11.8 Å². The number of carbonyl (C=O) groups is 7. The number of hydrogen-bond donors (Lipinski definition) is 1. The van der Waals surface area contributed by atoms with Crippen LogP contribution in [0.15, 0.2) is 54.6 Å². The molecule has 4 fully saturated rings. The first kappa shape index (κ1) is 69.7. The first-order valence-electron chi connectivity index (χ1n) is 26.6. The first-order valence-corrected chi connectivity index (χ1v) is 28.1. The maximum atomic E-state index is 12.5. The zero-order chi connectivity index (χ0) is 57.6. The van der Waals surface area contributed by atoms with Crippen LogP contribution in [0.4, 0.5) is 11.4 Å². The Kier molecular flexibility index (Phi) is 30.5. The zero-order valence-corrected chi connectivity index (χ0v) is 49.2. The minimum atomic E-state index is -0.508. The Morgan fingerprint density at radius 2 is 0.827 bits per heavy atom. The summed E-state index contributed by atoms with van der Waals surface area (Å²) in [5, 5.41) is 2.77. The largest absolute Gasteiger partial charge is 0.486 e. The summed E-state index contributed by atoms with van der Waals surface area (Å²) >= 11 is 15.0. The molecule has 0 spiro atoms. The lowest BCUT2D eigenvalue weighted by atomic mass is 10.0. The fraction of sp³-hybridized carbons (Fsp3) is 0.569. The number of rotatable bonds is 6. The Hall–Kier alpha value is -5.58. The molecule has 20 nitrogen and oxygen atoms in total. The van der Waals surface area contributed by atoms with Gasteiger partial charge in [-0.3, -0.25) is 43.4 Å². The predicted octanol–water partition coefficient (Wildman–Crippen LogP) is 4.27. The van der Waals surface area contributed by atoms with E-state index in [0.717, 1.165) is 87.9 Å². The fourth-order valence-electron chi connectivity index (χ4n) is 8.88.